The van der Waals surface area contributed by atoms with E-state index in [4.69, 9.17) is 10.5 Å². The van der Waals surface area contributed by atoms with Crippen LogP contribution in [0.4, 0.5) is 4.39 Å². The monoisotopic (exact) mass is 259 g/mol. The van der Waals surface area contributed by atoms with Gasteiger partial charge in [-0.1, -0.05) is 18.2 Å². The van der Waals surface area contributed by atoms with E-state index in [1.807, 2.05) is 38.1 Å². The van der Waals surface area contributed by atoms with Crippen molar-refractivity contribution in [2.24, 2.45) is 5.73 Å². The number of aryl methyl sites for hydroxylation is 1. The molecule has 2 N–H and O–H groups in total. The summed E-state index contributed by atoms with van der Waals surface area (Å²) in [6.07, 6.45) is 0. The highest BCUT2D eigenvalue weighted by molar-refractivity contribution is 5.38. The molecule has 0 bridgehead atoms. The molecule has 1 atom stereocenters. The van der Waals surface area contributed by atoms with E-state index in [9.17, 15) is 4.39 Å². The lowest BCUT2D eigenvalue weighted by molar-refractivity contribution is 0.340. The summed E-state index contributed by atoms with van der Waals surface area (Å²) in [6, 6.07) is 12.0. The van der Waals surface area contributed by atoms with Crippen molar-refractivity contribution in [3.05, 3.63) is 65.0 Å². The molecule has 0 aliphatic heterocycles. The van der Waals surface area contributed by atoms with Gasteiger partial charge in [-0.2, -0.15) is 0 Å². The standard InChI is InChI=1S/C16H18FNO/c1-3-19-14-8-5-12(6-9-14)16(18)15-10-13(17)7-4-11(15)2/h4-10,16H,3,18H2,1-2H3. The van der Waals surface area contributed by atoms with E-state index in [1.54, 1.807) is 6.07 Å². The largest absolute Gasteiger partial charge is 0.494 e. The Morgan fingerprint density at radius 3 is 2.47 bits per heavy atom. The maximum atomic E-state index is 13.3. The van der Waals surface area contributed by atoms with Crippen LogP contribution in [0, 0.1) is 12.7 Å². The minimum atomic E-state index is -0.327. The first-order valence-electron chi connectivity index (χ1n) is 6.36. The number of hydrogen-bond acceptors (Lipinski definition) is 2. The van der Waals surface area contributed by atoms with E-state index in [2.05, 4.69) is 0 Å². The van der Waals surface area contributed by atoms with Crippen molar-refractivity contribution < 1.29 is 9.13 Å². The Bertz CT molecular complexity index is 551. The van der Waals surface area contributed by atoms with Crippen molar-refractivity contribution in [2.45, 2.75) is 19.9 Å². The molecule has 100 valence electrons. The van der Waals surface area contributed by atoms with Crippen LogP contribution >= 0.6 is 0 Å². The number of hydrogen-bond donors (Lipinski definition) is 1. The van der Waals surface area contributed by atoms with E-state index < -0.39 is 0 Å². The fraction of sp³-hybridized carbons (Fsp3) is 0.250. The van der Waals surface area contributed by atoms with Gasteiger partial charge >= 0.3 is 0 Å². The molecule has 3 heteroatoms. The average Bonchev–Trinajstić information content (AvgIpc) is 2.42. The third-order valence-electron chi connectivity index (χ3n) is 3.13. The molecule has 0 heterocycles. The van der Waals surface area contributed by atoms with Crippen molar-refractivity contribution in [1.29, 1.82) is 0 Å². The van der Waals surface area contributed by atoms with Crippen molar-refractivity contribution in [3.8, 4) is 5.75 Å². The lowest BCUT2D eigenvalue weighted by atomic mass is 9.95. The molecule has 0 aliphatic carbocycles. The molecule has 2 rings (SSSR count). The SMILES string of the molecule is CCOc1ccc(C(N)c2cc(F)ccc2C)cc1. The second-order valence-electron chi connectivity index (χ2n) is 4.48. The summed E-state index contributed by atoms with van der Waals surface area (Å²) in [6.45, 7) is 4.51. The summed E-state index contributed by atoms with van der Waals surface area (Å²) in [5, 5.41) is 0. The molecule has 19 heavy (non-hydrogen) atoms. The van der Waals surface area contributed by atoms with Crippen LogP contribution in [0.5, 0.6) is 5.75 Å². The molecule has 0 saturated heterocycles. The first-order chi connectivity index (χ1) is 9.11. The molecule has 0 fully saturated rings. The smallest absolute Gasteiger partial charge is 0.123 e. The van der Waals surface area contributed by atoms with Gasteiger partial charge in [0, 0.05) is 0 Å². The zero-order valence-corrected chi connectivity index (χ0v) is 11.2. The molecular weight excluding hydrogens is 241 g/mol. The summed E-state index contributed by atoms with van der Waals surface area (Å²) in [5.74, 6) is 0.552. The minimum absolute atomic E-state index is 0.262. The van der Waals surface area contributed by atoms with Crippen LogP contribution in [-0.4, -0.2) is 6.61 Å². The third kappa shape index (κ3) is 3.12. The van der Waals surface area contributed by atoms with E-state index in [0.29, 0.717) is 6.61 Å². The van der Waals surface area contributed by atoms with E-state index in [1.165, 1.54) is 12.1 Å². The van der Waals surface area contributed by atoms with E-state index in [0.717, 1.165) is 22.4 Å². The van der Waals surface area contributed by atoms with Crippen LogP contribution < -0.4 is 10.5 Å². The van der Waals surface area contributed by atoms with Crippen molar-refractivity contribution >= 4 is 0 Å². The van der Waals surface area contributed by atoms with Crippen LogP contribution in [-0.2, 0) is 0 Å². The predicted molar refractivity (Wildman–Crippen MR) is 74.8 cm³/mol. The summed E-state index contributed by atoms with van der Waals surface area (Å²) in [7, 11) is 0. The molecular formula is C16H18FNO. The number of benzene rings is 2. The van der Waals surface area contributed by atoms with Gasteiger partial charge in [0.05, 0.1) is 12.6 Å². The van der Waals surface area contributed by atoms with Gasteiger partial charge in [0.2, 0.25) is 0 Å². The van der Waals surface area contributed by atoms with Crippen LogP contribution in [0.3, 0.4) is 0 Å². The summed E-state index contributed by atoms with van der Waals surface area (Å²) in [5.41, 5.74) is 8.94. The Hall–Kier alpha value is -1.87. The van der Waals surface area contributed by atoms with Crippen molar-refractivity contribution in [1.82, 2.24) is 0 Å². The van der Waals surface area contributed by atoms with Gasteiger partial charge in [-0.25, -0.2) is 4.39 Å². The highest BCUT2D eigenvalue weighted by Crippen LogP contribution is 2.25. The Kier molecular flexibility index (Phi) is 4.17. The molecule has 2 nitrogen and oxygen atoms in total. The average molecular weight is 259 g/mol. The Labute approximate surface area is 113 Å². The van der Waals surface area contributed by atoms with Gasteiger partial charge in [0.15, 0.2) is 0 Å². The first-order valence-corrected chi connectivity index (χ1v) is 6.36. The van der Waals surface area contributed by atoms with Gasteiger partial charge in [-0.15, -0.1) is 0 Å². The van der Waals surface area contributed by atoms with Crippen LogP contribution in [0.25, 0.3) is 0 Å². The van der Waals surface area contributed by atoms with Gasteiger partial charge in [-0.3, -0.25) is 0 Å². The first kappa shape index (κ1) is 13.6. The quantitative estimate of drug-likeness (QED) is 0.910. The highest BCUT2D eigenvalue weighted by atomic mass is 19.1. The fourth-order valence-electron chi connectivity index (χ4n) is 2.06. The molecule has 0 saturated carbocycles. The predicted octanol–water partition coefficient (Wildman–Crippen LogP) is 3.58. The van der Waals surface area contributed by atoms with E-state index in [-0.39, 0.29) is 11.9 Å². The van der Waals surface area contributed by atoms with Gasteiger partial charge in [0.25, 0.3) is 0 Å². The Balaban J connectivity index is 2.27. The minimum Gasteiger partial charge on any atom is -0.494 e. The zero-order valence-electron chi connectivity index (χ0n) is 11.2. The normalized spacial score (nSPS) is 12.2. The second kappa shape index (κ2) is 5.85. The molecule has 0 aromatic heterocycles. The molecule has 0 aliphatic rings. The third-order valence-corrected chi connectivity index (χ3v) is 3.13. The topological polar surface area (TPSA) is 35.2 Å². The zero-order chi connectivity index (χ0) is 13.8. The summed E-state index contributed by atoms with van der Waals surface area (Å²) >= 11 is 0. The summed E-state index contributed by atoms with van der Waals surface area (Å²) in [4.78, 5) is 0. The highest BCUT2D eigenvalue weighted by Gasteiger charge is 2.12. The van der Waals surface area contributed by atoms with Crippen LogP contribution in [0.2, 0.25) is 0 Å². The second-order valence-corrected chi connectivity index (χ2v) is 4.48. The number of halogens is 1. The van der Waals surface area contributed by atoms with Crippen molar-refractivity contribution in [2.75, 3.05) is 6.61 Å². The maximum Gasteiger partial charge on any atom is 0.123 e. The molecule has 1 unspecified atom stereocenters. The number of ether oxygens (including phenoxy) is 1. The Morgan fingerprint density at radius 2 is 1.84 bits per heavy atom. The number of nitrogens with two attached hydrogens (primary N) is 1. The van der Waals surface area contributed by atoms with Crippen LogP contribution in [0.15, 0.2) is 42.5 Å². The molecule has 0 amide bonds. The maximum absolute atomic E-state index is 13.3. The Morgan fingerprint density at radius 1 is 1.16 bits per heavy atom. The van der Waals surface area contributed by atoms with Crippen molar-refractivity contribution in [3.63, 3.8) is 0 Å². The molecule has 2 aromatic carbocycles. The molecule has 0 radical (unpaired) electrons. The lowest BCUT2D eigenvalue weighted by Gasteiger charge is -2.16. The number of rotatable bonds is 4. The van der Waals surface area contributed by atoms with Gasteiger partial charge in [0.1, 0.15) is 11.6 Å². The van der Waals surface area contributed by atoms with Gasteiger partial charge in [-0.05, 0) is 54.8 Å². The lowest BCUT2D eigenvalue weighted by Crippen LogP contribution is -2.13. The molecule has 0 spiro atoms. The summed E-state index contributed by atoms with van der Waals surface area (Å²) < 4.78 is 18.7. The van der Waals surface area contributed by atoms with E-state index >= 15 is 0 Å². The van der Waals surface area contributed by atoms with Crippen LogP contribution in [0.1, 0.15) is 29.7 Å². The fourth-order valence-corrected chi connectivity index (χ4v) is 2.06. The van der Waals surface area contributed by atoms with Gasteiger partial charge < -0.3 is 10.5 Å². The molecule has 2 aromatic rings.